The normalized spacial score (nSPS) is 13.4. The van der Waals surface area contributed by atoms with Crippen molar-refractivity contribution in [3.63, 3.8) is 0 Å². The number of aromatic nitrogens is 1. The molecule has 2 aromatic carbocycles. The van der Waals surface area contributed by atoms with E-state index in [2.05, 4.69) is 5.16 Å². The minimum Gasteiger partial charge on any atom is -0.494 e. The number of rotatable bonds is 10. The van der Waals surface area contributed by atoms with Crippen molar-refractivity contribution in [3.8, 4) is 22.8 Å². The van der Waals surface area contributed by atoms with Crippen LogP contribution in [0.2, 0.25) is 0 Å². The summed E-state index contributed by atoms with van der Waals surface area (Å²) in [5, 5.41) is 13.2. The number of nitrogens with zero attached hydrogens (tertiary/aromatic N) is 1. The molecule has 9 heteroatoms. The zero-order chi connectivity index (χ0) is 24.1. The Labute approximate surface area is 188 Å². The van der Waals surface area contributed by atoms with Gasteiger partial charge in [0.2, 0.25) is 5.60 Å². The van der Waals surface area contributed by atoms with Gasteiger partial charge in [0.15, 0.2) is 0 Å². The van der Waals surface area contributed by atoms with E-state index in [-0.39, 0.29) is 0 Å². The van der Waals surface area contributed by atoms with Crippen LogP contribution >= 0.6 is 0 Å². The summed E-state index contributed by atoms with van der Waals surface area (Å²) in [5.41, 5.74) is -0.999. The van der Waals surface area contributed by atoms with Gasteiger partial charge in [0.05, 0.1) is 12.2 Å². The van der Waals surface area contributed by atoms with Crippen LogP contribution in [-0.2, 0) is 17.4 Å². The van der Waals surface area contributed by atoms with E-state index >= 15 is 0 Å². The molecule has 0 aliphatic heterocycles. The summed E-state index contributed by atoms with van der Waals surface area (Å²) < 4.78 is 54.6. The highest BCUT2D eigenvalue weighted by atomic mass is 19.4. The number of halogens is 3. The number of aliphatic carboxylic acids is 1. The third-order valence-corrected chi connectivity index (χ3v) is 5.20. The molecule has 0 radical (unpaired) electrons. The summed E-state index contributed by atoms with van der Waals surface area (Å²) >= 11 is 0. The summed E-state index contributed by atoms with van der Waals surface area (Å²) in [6.45, 7) is 3.66. The van der Waals surface area contributed by atoms with E-state index in [1.807, 2.05) is 0 Å². The first-order valence-electron chi connectivity index (χ1n) is 10.4. The number of ether oxygens (including phenoxy) is 2. The molecular weight excluding hydrogens is 439 g/mol. The van der Waals surface area contributed by atoms with E-state index in [0.717, 1.165) is 12.1 Å². The Bertz CT molecular complexity index is 1060. The Morgan fingerprint density at radius 2 is 1.70 bits per heavy atom. The summed E-state index contributed by atoms with van der Waals surface area (Å²) in [7, 11) is 0. The highest BCUT2D eigenvalue weighted by Gasteiger charge is 2.33. The monoisotopic (exact) mass is 463 g/mol. The maximum atomic E-state index is 12.7. The highest BCUT2D eigenvalue weighted by molar-refractivity contribution is 5.77. The Morgan fingerprint density at radius 3 is 2.27 bits per heavy atom. The Morgan fingerprint density at radius 1 is 1.06 bits per heavy atom. The van der Waals surface area contributed by atoms with Crippen LogP contribution in [0, 0.1) is 0 Å². The van der Waals surface area contributed by atoms with Crippen molar-refractivity contribution in [2.24, 2.45) is 0 Å². The van der Waals surface area contributed by atoms with Crippen LogP contribution in [0.4, 0.5) is 13.2 Å². The summed E-state index contributed by atoms with van der Waals surface area (Å²) in [6, 6.07) is 13.1. The lowest BCUT2D eigenvalue weighted by molar-refractivity contribution is -0.154. The summed E-state index contributed by atoms with van der Waals surface area (Å²) in [5.74, 6) is 0.620. The van der Waals surface area contributed by atoms with Crippen LogP contribution in [0.25, 0.3) is 11.3 Å². The van der Waals surface area contributed by atoms with Gasteiger partial charge in [-0.1, -0.05) is 24.2 Å². The molecule has 0 amide bonds. The first-order valence-corrected chi connectivity index (χ1v) is 10.4. The van der Waals surface area contributed by atoms with E-state index in [9.17, 15) is 23.1 Å². The Balaban J connectivity index is 1.47. The fourth-order valence-corrected chi connectivity index (χ4v) is 2.96. The maximum absolute atomic E-state index is 12.7. The molecule has 1 unspecified atom stereocenters. The molecule has 0 bridgehead atoms. The third-order valence-electron chi connectivity index (χ3n) is 5.20. The van der Waals surface area contributed by atoms with Gasteiger partial charge in [0.25, 0.3) is 0 Å². The molecule has 6 nitrogen and oxygen atoms in total. The van der Waals surface area contributed by atoms with Gasteiger partial charge in [-0.15, -0.1) is 0 Å². The SMILES string of the molecule is CCC(C)(Oc1ccc(OCCCc2cc(-c3ccc(C(F)(F)F)cc3)no2)cc1)C(=O)O. The average molecular weight is 463 g/mol. The second-order valence-electron chi connectivity index (χ2n) is 7.67. The molecule has 0 saturated carbocycles. The molecule has 0 fully saturated rings. The van der Waals surface area contributed by atoms with Crippen LogP contribution in [0.1, 0.15) is 38.0 Å². The van der Waals surface area contributed by atoms with Crippen molar-refractivity contribution in [2.45, 2.75) is 44.9 Å². The van der Waals surface area contributed by atoms with Crippen molar-refractivity contribution in [3.05, 3.63) is 65.9 Å². The minimum atomic E-state index is -4.38. The van der Waals surface area contributed by atoms with Gasteiger partial charge in [0, 0.05) is 18.1 Å². The number of hydrogen-bond donors (Lipinski definition) is 1. The number of benzene rings is 2. The van der Waals surface area contributed by atoms with Crippen molar-refractivity contribution in [2.75, 3.05) is 6.61 Å². The third kappa shape index (κ3) is 6.27. The quantitative estimate of drug-likeness (QED) is 0.371. The summed E-state index contributed by atoms with van der Waals surface area (Å²) in [4.78, 5) is 11.3. The molecule has 0 saturated heterocycles. The number of carboxylic acids is 1. The first kappa shape index (κ1) is 24.2. The molecule has 1 aromatic heterocycles. The largest absolute Gasteiger partial charge is 0.494 e. The van der Waals surface area contributed by atoms with Gasteiger partial charge in [0.1, 0.15) is 23.0 Å². The number of carbonyl (C=O) groups is 1. The second kappa shape index (κ2) is 9.97. The smallest absolute Gasteiger partial charge is 0.416 e. The predicted octanol–water partition coefficient (Wildman–Crippen LogP) is 6.00. The lowest BCUT2D eigenvalue weighted by Crippen LogP contribution is -2.40. The molecule has 3 rings (SSSR count). The van der Waals surface area contributed by atoms with Crippen LogP contribution in [0.15, 0.2) is 59.1 Å². The van der Waals surface area contributed by atoms with Crippen molar-refractivity contribution >= 4 is 5.97 Å². The van der Waals surface area contributed by atoms with Crippen molar-refractivity contribution < 1.29 is 37.1 Å². The van der Waals surface area contributed by atoms with Gasteiger partial charge in [-0.25, -0.2) is 4.79 Å². The van der Waals surface area contributed by atoms with Crippen LogP contribution in [0.5, 0.6) is 11.5 Å². The van der Waals surface area contributed by atoms with Gasteiger partial charge in [-0.05, 0) is 56.2 Å². The van der Waals surface area contributed by atoms with Gasteiger partial charge in [-0.3, -0.25) is 0 Å². The standard InChI is InChI=1S/C24H24F3NO5/c1-3-23(2,22(29)30)32-19-12-10-18(11-13-19)31-14-4-5-20-15-21(28-33-20)16-6-8-17(9-7-16)24(25,26)27/h6-13,15H,3-5,14H2,1-2H3,(H,29,30). The molecule has 3 aromatic rings. The van der Waals surface area contributed by atoms with Gasteiger partial charge < -0.3 is 19.1 Å². The molecule has 1 N–H and O–H groups in total. The average Bonchev–Trinajstić information content (AvgIpc) is 3.26. The van der Waals surface area contributed by atoms with Crippen LogP contribution < -0.4 is 9.47 Å². The van der Waals surface area contributed by atoms with E-state index in [1.165, 1.54) is 19.1 Å². The molecule has 0 aliphatic carbocycles. The van der Waals surface area contributed by atoms with Crippen LogP contribution in [0.3, 0.4) is 0 Å². The molecule has 0 spiro atoms. The zero-order valence-electron chi connectivity index (χ0n) is 18.2. The minimum absolute atomic E-state index is 0.322. The van der Waals surface area contributed by atoms with E-state index in [1.54, 1.807) is 37.3 Å². The Hall–Kier alpha value is -3.49. The van der Waals surface area contributed by atoms with E-state index in [4.69, 9.17) is 14.0 Å². The fourth-order valence-electron chi connectivity index (χ4n) is 2.96. The fraction of sp³-hybridized carbons (Fsp3) is 0.333. The number of aryl methyl sites for hydroxylation is 1. The van der Waals surface area contributed by atoms with Crippen molar-refractivity contribution in [1.29, 1.82) is 0 Å². The first-order chi connectivity index (χ1) is 15.6. The second-order valence-corrected chi connectivity index (χ2v) is 7.67. The van der Waals surface area contributed by atoms with Crippen molar-refractivity contribution in [1.82, 2.24) is 5.16 Å². The number of alkyl halides is 3. The zero-order valence-corrected chi connectivity index (χ0v) is 18.2. The van der Waals surface area contributed by atoms with E-state index < -0.39 is 23.3 Å². The Kier molecular flexibility index (Phi) is 7.30. The molecule has 176 valence electrons. The molecule has 1 atom stereocenters. The molecule has 1 heterocycles. The maximum Gasteiger partial charge on any atom is 0.416 e. The lowest BCUT2D eigenvalue weighted by Gasteiger charge is -2.24. The molecular formula is C24H24F3NO5. The molecule has 33 heavy (non-hydrogen) atoms. The van der Waals surface area contributed by atoms with E-state index in [0.29, 0.717) is 54.4 Å². The predicted molar refractivity (Wildman–Crippen MR) is 114 cm³/mol. The lowest BCUT2D eigenvalue weighted by atomic mass is 10.0. The number of carboxylic acid groups (broad SMARTS) is 1. The number of hydrogen-bond acceptors (Lipinski definition) is 5. The van der Waals surface area contributed by atoms with Gasteiger partial charge in [-0.2, -0.15) is 13.2 Å². The van der Waals surface area contributed by atoms with Gasteiger partial charge >= 0.3 is 12.1 Å². The topological polar surface area (TPSA) is 81.8 Å². The van der Waals surface area contributed by atoms with Crippen LogP contribution in [-0.4, -0.2) is 28.4 Å². The summed E-state index contributed by atoms with van der Waals surface area (Å²) in [6.07, 6.45) is -2.88. The highest BCUT2D eigenvalue weighted by Crippen LogP contribution is 2.31. The molecule has 0 aliphatic rings.